The van der Waals surface area contributed by atoms with Crippen LogP contribution in [0.3, 0.4) is 0 Å². The van der Waals surface area contributed by atoms with Crippen LogP contribution in [0.15, 0.2) is 30.3 Å². The molecule has 2 aliphatic rings. The Morgan fingerprint density at radius 1 is 1.20 bits per heavy atom. The molecule has 2 amide bonds. The van der Waals surface area contributed by atoms with E-state index in [-0.39, 0.29) is 24.5 Å². The van der Waals surface area contributed by atoms with Gasteiger partial charge in [-0.25, -0.2) is 4.39 Å². The van der Waals surface area contributed by atoms with Crippen LogP contribution in [0.4, 0.5) is 4.39 Å². The molecule has 2 aliphatic heterocycles. The third-order valence-corrected chi connectivity index (χ3v) is 4.94. The van der Waals surface area contributed by atoms with E-state index in [1.165, 1.54) is 0 Å². The fourth-order valence-electron chi connectivity index (χ4n) is 3.68. The van der Waals surface area contributed by atoms with Gasteiger partial charge in [-0.15, -0.1) is 0 Å². The SMILES string of the molecule is CC(C)N1C(=O)CO[C@H](C(=O)N2CCC(F)CC2)[C@H]1c1ccccc1. The topological polar surface area (TPSA) is 49.9 Å². The van der Waals surface area contributed by atoms with Crippen molar-refractivity contribution in [2.24, 2.45) is 0 Å². The van der Waals surface area contributed by atoms with Gasteiger partial charge in [-0.3, -0.25) is 9.59 Å². The standard InChI is InChI=1S/C19H25FN2O3/c1-13(2)22-16(23)12-25-18(17(22)14-6-4-3-5-7-14)19(24)21-10-8-15(20)9-11-21/h3-7,13,15,17-18H,8-12H2,1-2H3/t17-,18+/m1/s1. The van der Waals surface area contributed by atoms with Crippen LogP contribution >= 0.6 is 0 Å². The monoisotopic (exact) mass is 348 g/mol. The van der Waals surface area contributed by atoms with Crippen molar-refractivity contribution in [3.05, 3.63) is 35.9 Å². The number of morpholine rings is 1. The number of carbonyl (C=O) groups is 2. The normalized spacial score (nSPS) is 25.5. The van der Waals surface area contributed by atoms with Crippen LogP contribution in [-0.4, -0.2) is 59.6 Å². The molecule has 1 aromatic carbocycles. The predicted molar refractivity (Wildman–Crippen MR) is 91.6 cm³/mol. The van der Waals surface area contributed by atoms with Crippen LogP contribution < -0.4 is 0 Å². The molecule has 0 saturated carbocycles. The molecule has 0 aliphatic carbocycles. The van der Waals surface area contributed by atoms with E-state index in [0.717, 1.165) is 5.56 Å². The first-order valence-corrected chi connectivity index (χ1v) is 8.89. The van der Waals surface area contributed by atoms with Crippen molar-refractivity contribution in [1.29, 1.82) is 0 Å². The largest absolute Gasteiger partial charge is 0.356 e. The summed E-state index contributed by atoms with van der Waals surface area (Å²) in [6.07, 6.45) is -0.864. The van der Waals surface area contributed by atoms with E-state index in [4.69, 9.17) is 4.74 Å². The van der Waals surface area contributed by atoms with Crippen molar-refractivity contribution in [3.63, 3.8) is 0 Å². The minimum absolute atomic E-state index is 0.0477. The Morgan fingerprint density at radius 2 is 1.84 bits per heavy atom. The third kappa shape index (κ3) is 3.68. The highest BCUT2D eigenvalue weighted by atomic mass is 19.1. The average molecular weight is 348 g/mol. The highest BCUT2D eigenvalue weighted by Gasteiger charge is 2.44. The average Bonchev–Trinajstić information content (AvgIpc) is 2.62. The molecule has 2 fully saturated rings. The number of hydrogen-bond acceptors (Lipinski definition) is 3. The minimum Gasteiger partial charge on any atom is -0.356 e. The Morgan fingerprint density at radius 3 is 2.44 bits per heavy atom. The minimum atomic E-state index is -0.838. The van der Waals surface area contributed by atoms with Crippen molar-refractivity contribution >= 4 is 11.8 Å². The van der Waals surface area contributed by atoms with Gasteiger partial charge in [0.2, 0.25) is 5.91 Å². The molecule has 0 N–H and O–H groups in total. The summed E-state index contributed by atoms with van der Waals surface area (Å²) in [6, 6.07) is 9.00. The lowest BCUT2D eigenvalue weighted by atomic mass is 9.95. The molecule has 25 heavy (non-hydrogen) atoms. The van der Waals surface area contributed by atoms with Gasteiger partial charge in [0.1, 0.15) is 12.8 Å². The van der Waals surface area contributed by atoms with Gasteiger partial charge in [-0.05, 0) is 32.3 Å². The Hall–Kier alpha value is -1.95. The Labute approximate surface area is 147 Å². The van der Waals surface area contributed by atoms with Crippen LogP contribution in [0.5, 0.6) is 0 Å². The van der Waals surface area contributed by atoms with Gasteiger partial charge >= 0.3 is 0 Å². The summed E-state index contributed by atoms with van der Waals surface area (Å²) in [7, 11) is 0. The van der Waals surface area contributed by atoms with E-state index in [1.54, 1.807) is 9.80 Å². The second kappa shape index (κ2) is 7.52. The number of likely N-dealkylation sites (tertiary alicyclic amines) is 1. The van der Waals surface area contributed by atoms with Crippen molar-refractivity contribution in [1.82, 2.24) is 9.80 Å². The molecule has 6 heteroatoms. The fraction of sp³-hybridized carbons (Fsp3) is 0.579. The smallest absolute Gasteiger partial charge is 0.254 e. The van der Waals surface area contributed by atoms with E-state index in [2.05, 4.69) is 0 Å². The lowest BCUT2D eigenvalue weighted by Gasteiger charge is -2.44. The van der Waals surface area contributed by atoms with Gasteiger partial charge in [0.25, 0.3) is 5.91 Å². The maximum Gasteiger partial charge on any atom is 0.254 e. The summed E-state index contributed by atoms with van der Waals surface area (Å²) < 4.78 is 19.1. The van der Waals surface area contributed by atoms with Crippen molar-refractivity contribution in [3.8, 4) is 0 Å². The first kappa shape index (κ1) is 17.9. The zero-order valence-corrected chi connectivity index (χ0v) is 14.7. The van der Waals surface area contributed by atoms with Gasteiger partial charge < -0.3 is 14.5 Å². The number of alkyl halides is 1. The number of piperidine rings is 1. The summed E-state index contributed by atoms with van der Waals surface area (Å²) in [5.74, 6) is -0.269. The third-order valence-electron chi connectivity index (χ3n) is 4.94. The zero-order chi connectivity index (χ0) is 18.0. The van der Waals surface area contributed by atoms with Crippen LogP contribution in [0.25, 0.3) is 0 Å². The molecular formula is C19H25FN2O3. The highest BCUT2D eigenvalue weighted by Crippen LogP contribution is 2.33. The Bertz CT molecular complexity index is 614. The second-order valence-electron chi connectivity index (χ2n) is 6.98. The van der Waals surface area contributed by atoms with Crippen molar-refractivity contribution < 1.29 is 18.7 Å². The van der Waals surface area contributed by atoms with Crippen molar-refractivity contribution in [2.45, 2.75) is 51.0 Å². The van der Waals surface area contributed by atoms with Crippen LogP contribution in [-0.2, 0) is 14.3 Å². The van der Waals surface area contributed by atoms with Gasteiger partial charge in [0.05, 0.1) is 6.04 Å². The molecule has 136 valence electrons. The van der Waals surface area contributed by atoms with Crippen LogP contribution in [0.1, 0.15) is 38.3 Å². The molecule has 3 rings (SSSR count). The second-order valence-corrected chi connectivity index (χ2v) is 6.98. The zero-order valence-electron chi connectivity index (χ0n) is 14.7. The first-order valence-electron chi connectivity index (χ1n) is 8.89. The maximum atomic E-state index is 13.4. The fourth-order valence-corrected chi connectivity index (χ4v) is 3.68. The van der Waals surface area contributed by atoms with Gasteiger partial charge in [0, 0.05) is 19.1 Å². The van der Waals surface area contributed by atoms with Crippen molar-refractivity contribution in [2.75, 3.05) is 19.7 Å². The first-order chi connectivity index (χ1) is 12.0. The lowest BCUT2D eigenvalue weighted by molar-refractivity contribution is -0.172. The van der Waals surface area contributed by atoms with E-state index < -0.39 is 18.3 Å². The molecule has 0 radical (unpaired) electrons. The van der Waals surface area contributed by atoms with Gasteiger partial charge in [-0.2, -0.15) is 0 Å². The molecule has 0 spiro atoms. The Balaban J connectivity index is 1.90. The predicted octanol–water partition coefficient (Wildman–Crippen LogP) is 2.32. The molecule has 2 saturated heterocycles. The number of amides is 2. The van der Waals surface area contributed by atoms with E-state index in [0.29, 0.717) is 25.9 Å². The number of rotatable bonds is 3. The highest BCUT2D eigenvalue weighted by molar-refractivity contribution is 5.86. The number of carbonyl (C=O) groups excluding carboxylic acids is 2. The van der Waals surface area contributed by atoms with E-state index in [9.17, 15) is 14.0 Å². The summed E-state index contributed by atoms with van der Waals surface area (Å²) in [6.45, 7) is 4.58. The van der Waals surface area contributed by atoms with E-state index in [1.807, 2.05) is 44.2 Å². The van der Waals surface area contributed by atoms with E-state index >= 15 is 0 Å². The molecule has 2 atom stereocenters. The summed E-state index contributed by atoms with van der Waals surface area (Å²) in [5, 5.41) is 0. The molecule has 1 aromatic rings. The lowest BCUT2D eigenvalue weighted by Crippen LogP contribution is -2.57. The summed E-state index contributed by atoms with van der Waals surface area (Å²) in [5.41, 5.74) is 0.878. The van der Waals surface area contributed by atoms with Crippen LogP contribution in [0.2, 0.25) is 0 Å². The molecule has 5 nitrogen and oxygen atoms in total. The number of hydrogen-bond donors (Lipinski definition) is 0. The molecule has 2 heterocycles. The molecule has 0 aromatic heterocycles. The number of ether oxygens (including phenoxy) is 1. The quantitative estimate of drug-likeness (QED) is 0.842. The number of benzene rings is 1. The van der Waals surface area contributed by atoms with Gasteiger partial charge in [-0.1, -0.05) is 30.3 Å². The Kier molecular flexibility index (Phi) is 5.37. The van der Waals surface area contributed by atoms with Gasteiger partial charge in [0.15, 0.2) is 6.10 Å². The molecule has 0 bridgehead atoms. The number of nitrogens with zero attached hydrogens (tertiary/aromatic N) is 2. The molecular weight excluding hydrogens is 323 g/mol. The summed E-state index contributed by atoms with van der Waals surface area (Å²) >= 11 is 0. The maximum absolute atomic E-state index is 13.4. The summed E-state index contributed by atoms with van der Waals surface area (Å²) in [4.78, 5) is 28.9. The molecule has 0 unspecified atom stereocenters. The van der Waals surface area contributed by atoms with Crippen LogP contribution in [0, 0.1) is 0 Å². The number of halogens is 1.